The Morgan fingerprint density at radius 2 is 1.68 bits per heavy atom. The van der Waals surface area contributed by atoms with Gasteiger partial charge in [-0.2, -0.15) is 26.0 Å². The van der Waals surface area contributed by atoms with Crippen LogP contribution in [-0.2, 0) is 29.2 Å². The van der Waals surface area contributed by atoms with Gasteiger partial charge in [-0.25, -0.2) is 0 Å². The summed E-state index contributed by atoms with van der Waals surface area (Å²) in [5.41, 5.74) is 0. The van der Waals surface area contributed by atoms with Crippen LogP contribution in [0.3, 0.4) is 0 Å². The molecule has 12 heteroatoms. The van der Waals surface area contributed by atoms with E-state index < -0.39 is 52.3 Å². The van der Waals surface area contributed by atoms with Crippen molar-refractivity contribution in [2.45, 2.75) is 94.5 Å². The largest absolute Gasteiger partial charge is 0.462 e. The first kappa shape index (κ1) is 25.8. The number of ether oxygens (including phenoxy) is 2. The summed E-state index contributed by atoms with van der Waals surface area (Å²) >= 11 is 0. The molecule has 180 valence electrons. The first-order valence-corrected chi connectivity index (χ1v) is 11.8. The minimum absolute atomic E-state index is 0.0874. The Labute approximate surface area is 178 Å². The van der Waals surface area contributed by atoms with Gasteiger partial charge in [0.25, 0.3) is 0 Å². The fraction of sp³-hybridized carbons (Fsp3) is 0.895. The maximum absolute atomic E-state index is 13.5. The van der Waals surface area contributed by atoms with Gasteiger partial charge in [-0.15, -0.1) is 0 Å². The van der Waals surface area contributed by atoms with Crippen LogP contribution in [0, 0.1) is 11.8 Å². The zero-order chi connectivity index (χ0) is 23.4. The predicted molar refractivity (Wildman–Crippen MR) is 100 cm³/mol. The summed E-state index contributed by atoms with van der Waals surface area (Å²) in [5.74, 6) is -6.75. The molecule has 0 aromatic rings. The van der Waals surface area contributed by atoms with Crippen LogP contribution < -0.4 is 0 Å². The molecule has 2 saturated carbocycles. The quantitative estimate of drug-likeness (QED) is 0.303. The highest BCUT2D eigenvalue weighted by molar-refractivity contribution is 7.87. The monoisotopic (exact) mass is 476 g/mol. The van der Waals surface area contributed by atoms with E-state index in [1.807, 2.05) is 0 Å². The lowest BCUT2D eigenvalue weighted by Crippen LogP contribution is -2.47. The van der Waals surface area contributed by atoms with Crippen LogP contribution in [0.5, 0.6) is 0 Å². The average molecular weight is 476 g/mol. The zero-order valence-corrected chi connectivity index (χ0v) is 18.0. The van der Waals surface area contributed by atoms with Crippen molar-refractivity contribution in [2.75, 3.05) is 0 Å². The van der Waals surface area contributed by atoms with Crippen molar-refractivity contribution in [2.24, 2.45) is 11.8 Å². The van der Waals surface area contributed by atoms with Crippen LogP contribution >= 0.6 is 0 Å². The predicted octanol–water partition coefficient (Wildman–Crippen LogP) is 4.11. The summed E-state index contributed by atoms with van der Waals surface area (Å²) in [7, 11) is -6.34. The van der Waals surface area contributed by atoms with Gasteiger partial charge in [-0.3, -0.25) is 14.1 Å². The van der Waals surface area contributed by atoms with Crippen LogP contribution in [0.1, 0.15) is 71.1 Å². The number of halogens is 4. The second kappa shape index (κ2) is 10.0. The Balaban J connectivity index is 1.78. The number of hydrogen-bond acceptors (Lipinski definition) is 6. The summed E-state index contributed by atoms with van der Waals surface area (Å²) in [5, 5.41) is -5.71. The van der Waals surface area contributed by atoms with Crippen molar-refractivity contribution in [1.82, 2.24) is 0 Å². The summed E-state index contributed by atoms with van der Waals surface area (Å²) in [6.45, 7) is 1.74. The van der Waals surface area contributed by atoms with Crippen LogP contribution in [0.2, 0.25) is 0 Å². The molecule has 0 radical (unpaired) electrons. The number of hydrogen-bond donors (Lipinski definition) is 1. The van der Waals surface area contributed by atoms with E-state index in [0.717, 1.165) is 32.1 Å². The highest BCUT2D eigenvalue weighted by Crippen LogP contribution is 2.41. The molecule has 0 aromatic heterocycles. The SMILES string of the molecule is CC(OC(=O)C1CCCCC1)C1CCC(OC(=O)CCC(F)(F)C(F)(F)S(=O)(=O)O)C1. The summed E-state index contributed by atoms with van der Waals surface area (Å²) in [4.78, 5) is 24.0. The molecule has 2 rings (SSSR count). The third kappa shape index (κ3) is 6.53. The highest BCUT2D eigenvalue weighted by atomic mass is 32.2. The number of esters is 2. The third-order valence-electron chi connectivity index (χ3n) is 6.02. The van der Waals surface area contributed by atoms with E-state index in [1.54, 1.807) is 6.92 Å². The fourth-order valence-electron chi connectivity index (χ4n) is 4.06. The Bertz CT molecular complexity index is 750. The molecule has 2 fully saturated rings. The molecule has 0 amide bonds. The molecule has 0 aliphatic heterocycles. The van der Waals surface area contributed by atoms with Gasteiger partial charge in [0.15, 0.2) is 0 Å². The molecule has 1 N–H and O–H groups in total. The van der Waals surface area contributed by atoms with Crippen molar-refractivity contribution in [3.05, 3.63) is 0 Å². The van der Waals surface area contributed by atoms with Crippen molar-refractivity contribution >= 4 is 22.1 Å². The third-order valence-corrected chi connectivity index (χ3v) is 6.97. The van der Waals surface area contributed by atoms with E-state index in [9.17, 15) is 35.6 Å². The Kier molecular flexibility index (Phi) is 8.34. The van der Waals surface area contributed by atoms with E-state index in [4.69, 9.17) is 14.0 Å². The van der Waals surface area contributed by atoms with Gasteiger partial charge in [0.2, 0.25) is 0 Å². The van der Waals surface area contributed by atoms with Gasteiger partial charge in [-0.1, -0.05) is 19.3 Å². The van der Waals surface area contributed by atoms with Crippen molar-refractivity contribution in [1.29, 1.82) is 0 Å². The fourth-order valence-corrected chi connectivity index (χ4v) is 4.54. The lowest BCUT2D eigenvalue weighted by molar-refractivity contribution is -0.172. The normalized spacial score (nSPS) is 24.6. The number of carbonyl (C=O) groups excluding carboxylic acids is 2. The van der Waals surface area contributed by atoms with Gasteiger partial charge in [0.1, 0.15) is 12.2 Å². The molecule has 0 bridgehead atoms. The molecule has 0 heterocycles. The van der Waals surface area contributed by atoms with Gasteiger partial charge >= 0.3 is 33.2 Å². The van der Waals surface area contributed by atoms with Crippen LogP contribution in [0.25, 0.3) is 0 Å². The van der Waals surface area contributed by atoms with E-state index >= 15 is 0 Å². The van der Waals surface area contributed by atoms with Crippen molar-refractivity contribution in [3.63, 3.8) is 0 Å². The molecule has 2 aliphatic carbocycles. The van der Waals surface area contributed by atoms with E-state index in [2.05, 4.69) is 0 Å². The van der Waals surface area contributed by atoms with Crippen LogP contribution in [-0.4, -0.2) is 48.3 Å². The highest BCUT2D eigenvalue weighted by Gasteiger charge is 2.65. The summed E-state index contributed by atoms with van der Waals surface area (Å²) < 4.78 is 93.1. The topological polar surface area (TPSA) is 107 Å². The minimum Gasteiger partial charge on any atom is -0.462 e. The Morgan fingerprint density at radius 3 is 2.26 bits per heavy atom. The first-order chi connectivity index (χ1) is 14.2. The van der Waals surface area contributed by atoms with Crippen LogP contribution in [0.4, 0.5) is 17.6 Å². The second-order valence-electron chi connectivity index (χ2n) is 8.36. The summed E-state index contributed by atoms with van der Waals surface area (Å²) in [6.07, 6.45) is 2.02. The lowest BCUT2D eigenvalue weighted by Gasteiger charge is -2.25. The maximum atomic E-state index is 13.5. The number of carbonyl (C=O) groups is 2. The van der Waals surface area contributed by atoms with Gasteiger partial charge < -0.3 is 9.47 Å². The molecular formula is C19H28F4O7S. The van der Waals surface area contributed by atoms with Crippen molar-refractivity contribution in [3.8, 4) is 0 Å². The number of rotatable bonds is 9. The molecule has 0 aromatic carbocycles. The Hall–Kier alpha value is -1.43. The molecule has 3 atom stereocenters. The second-order valence-corrected chi connectivity index (χ2v) is 9.82. The summed E-state index contributed by atoms with van der Waals surface area (Å²) in [6, 6.07) is 0. The maximum Gasteiger partial charge on any atom is 0.431 e. The Morgan fingerprint density at radius 1 is 1.06 bits per heavy atom. The molecule has 3 unspecified atom stereocenters. The molecule has 2 aliphatic rings. The zero-order valence-electron chi connectivity index (χ0n) is 17.2. The van der Waals surface area contributed by atoms with E-state index in [-0.39, 0.29) is 17.8 Å². The van der Waals surface area contributed by atoms with E-state index in [0.29, 0.717) is 19.3 Å². The van der Waals surface area contributed by atoms with Gasteiger partial charge in [0.05, 0.1) is 12.3 Å². The van der Waals surface area contributed by atoms with Crippen molar-refractivity contribution < 1.29 is 49.6 Å². The minimum atomic E-state index is -6.34. The van der Waals surface area contributed by atoms with Gasteiger partial charge in [-0.05, 0) is 44.9 Å². The first-order valence-electron chi connectivity index (χ1n) is 10.4. The average Bonchev–Trinajstić information content (AvgIpc) is 3.14. The van der Waals surface area contributed by atoms with E-state index in [1.165, 1.54) is 0 Å². The molecular weight excluding hydrogens is 448 g/mol. The molecule has 0 spiro atoms. The van der Waals surface area contributed by atoms with Crippen LogP contribution in [0.15, 0.2) is 0 Å². The molecule has 31 heavy (non-hydrogen) atoms. The number of alkyl halides is 4. The molecule has 0 saturated heterocycles. The molecule has 7 nitrogen and oxygen atoms in total. The lowest BCUT2D eigenvalue weighted by atomic mass is 9.89. The van der Waals surface area contributed by atoms with Gasteiger partial charge in [0, 0.05) is 6.42 Å². The smallest absolute Gasteiger partial charge is 0.431 e. The standard InChI is InChI=1S/C19H28F4O7S/c1-12(29-17(25)13-5-3-2-4-6-13)14-7-8-15(11-14)30-16(24)9-10-18(20,21)19(22,23)31(26,27)28/h12-15H,2-11H2,1H3,(H,26,27,28).